The zero-order valence-electron chi connectivity index (χ0n) is 10.4. The van der Waals surface area contributed by atoms with Gasteiger partial charge >= 0.3 is 5.97 Å². The van der Waals surface area contributed by atoms with Crippen molar-refractivity contribution in [2.75, 3.05) is 31.1 Å². The Morgan fingerprint density at radius 1 is 1.29 bits per heavy atom. The Hall–Kier alpha value is -0.220. The predicted octanol–water partition coefficient (Wildman–Crippen LogP) is 2.32. The van der Waals surface area contributed by atoms with Crippen molar-refractivity contribution < 1.29 is 9.90 Å². The lowest BCUT2D eigenvalue weighted by atomic mass is 9.91. The van der Waals surface area contributed by atoms with Crippen LogP contribution < -0.4 is 0 Å². The van der Waals surface area contributed by atoms with E-state index >= 15 is 0 Å². The first kappa shape index (κ1) is 13.2. The summed E-state index contributed by atoms with van der Waals surface area (Å²) in [6.07, 6.45) is 6.20. The summed E-state index contributed by atoms with van der Waals surface area (Å²) in [6.45, 7) is 2.98. The zero-order valence-corrected chi connectivity index (χ0v) is 11.3. The van der Waals surface area contributed by atoms with Crippen LogP contribution in [0.4, 0.5) is 0 Å². The van der Waals surface area contributed by atoms with Crippen molar-refractivity contribution in [1.29, 1.82) is 0 Å². The smallest absolute Gasteiger partial charge is 0.308 e. The van der Waals surface area contributed by atoms with E-state index in [-0.39, 0.29) is 5.92 Å². The molecule has 2 fully saturated rings. The van der Waals surface area contributed by atoms with Crippen molar-refractivity contribution in [3.63, 3.8) is 0 Å². The van der Waals surface area contributed by atoms with Gasteiger partial charge in [0.2, 0.25) is 0 Å². The lowest BCUT2D eigenvalue weighted by molar-refractivity contribution is -0.144. The maximum absolute atomic E-state index is 11.4. The fourth-order valence-corrected chi connectivity index (χ4v) is 4.23. The first-order valence-corrected chi connectivity index (χ1v) is 7.96. The van der Waals surface area contributed by atoms with Crippen LogP contribution in [0.3, 0.4) is 0 Å². The number of rotatable bonds is 4. The lowest BCUT2D eigenvalue weighted by Gasteiger charge is -2.27. The Labute approximate surface area is 108 Å². The minimum Gasteiger partial charge on any atom is -0.481 e. The van der Waals surface area contributed by atoms with E-state index in [0.717, 1.165) is 37.6 Å². The molecule has 0 aromatic carbocycles. The molecule has 0 aliphatic carbocycles. The van der Waals surface area contributed by atoms with Gasteiger partial charge in [0.05, 0.1) is 5.92 Å². The summed E-state index contributed by atoms with van der Waals surface area (Å²) in [7, 11) is 0. The van der Waals surface area contributed by atoms with Crippen molar-refractivity contribution in [3.05, 3.63) is 0 Å². The molecule has 0 bridgehead atoms. The van der Waals surface area contributed by atoms with Gasteiger partial charge in [-0.25, -0.2) is 0 Å². The van der Waals surface area contributed by atoms with Crippen molar-refractivity contribution in [1.82, 2.24) is 4.90 Å². The third-order valence-corrected chi connectivity index (χ3v) is 5.19. The summed E-state index contributed by atoms with van der Waals surface area (Å²) in [6, 6.07) is 0. The van der Waals surface area contributed by atoms with Gasteiger partial charge in [-0.3, -0.25) is 4.79 Å². The second kappa shape index (κ2) is 6.64. The Morgan fingerprint density at radius 3 is 2.53 bits per heavy atom. The molecule has 0 amide bonds. The molecule has 17 heavy (non-hydrogen) atoms. The van der Waals surface area contributed by atoms with E-state index in [2.05, 4.69) is 4.90 Å². The van der Waals surface area contributed by atoms with Crippen LogP contribution in [0.1, 0.15) is 32.1 Å². The largest absolute Gasteiger partial charge is 0.481 e. The molecule has 0 radical (unpaired) electrons. The molecular formula is C13H23NO2S. The maximum Gasteiger partial charge on any atom is 0.308 e. The Balaban J connectivity index is 1.89. The van der Waals surface area contributed by atoms with E-state index in [4.69, 9.17) is 0 Å². The minimum atomic E-state index is -0.582. The van der Waals surface area contributed by atoms with Gasteiger partial charge in [0.15, 0.2) is 0 Å². The number of aliphatic carboxylic acids is 1. The van der Waals surface area contributed by atoms with Gasteiger partial charge < -0.3 is 10.0 Å². The Bertz CT molecular complexity index is 246. The average Bonchev–Trinajstić information content (AvgIpc) is 2.70. The Kier molecular flexibility index (Phi) is 5.16. The highest BCUT2D eigenvalue weighted by atomic mass is 32.2. The standard InChI is InChI=1S/C13H23NO2S/c15-13(16)12(11-5-8-17-10-11)9-14-6-3-1-2-4-7-14/h11-12H,1-10H2,(H,15,16). The van der Waals surface area contributed by atoms with Crippen LogP contribution in [0.25, 0.3) is 0 Å². The molecule has 2 aliphatic rings. The number of hydrogen-bond acceptors (Lipinski definition) is 3. The van der Waals surface area contributed by atoms with Crippen LogP contribution in [0.15, 0.2) is 0 Å². The quantitative estimate of drug-likeness (QED) is 0.839. The van der Waals surface area contributed by atoms with Gasteiger partial charge in [-0.1, -0.05) is 12.8 Å². The number of thioether (sulfide) groups is 1. The molecule has 2 heterocycles. The molecule has 2 rings (SSSR count). The van der Waals surface area contributed by atoms with E-state index in [1.54, 1.807) is 0 Å². The highest BCUT2D eigenvalue weighted by Crippen LogP contribution is 2.30. The first-order chi connectivity index (χ1) is 8.27. The van der Waals surface area contributed by atoms with Gasteiger partial charge in [0, 0.05) is 6.54 Å². The van der Waals surface area contributed by atoms with Crippen LogP contribution in [-0.2, 0) is 4.79 Å². The van der Waals surface area contributed by atoms with Crippen molar-refractivity contribution in [2.24, 2.45) is 11.8 Å². The summed E-state index contributed by atoms with van der Waals surface area (Å²) in [4.78, 5) is 13.8. The van der Waals surface area contributed by atoms with Crippen molar-refractivity contribution in [2.45, 2.75) is 32.1 Å². The molecule has 1 N–H and O–H groups in total. The lowest BCUT2D eigenvalue weighted by Crippen LogP contribution is -2.37. The van der Waals surface area contributed by atoms with Crippen molar-refractivity contribution >= 4 is 17.7 Å². The topological polar surface area (TPSA) is 40.5 Å². The number of nitrogens with zero attached hydrogens (tertiary/aromatic N) is 1. The second-order valence-corrected chi connectivity index (χ2v) is 6.43. The van der Waals surface area contributed by atoms with Crippen LogP contribution >= 0.6 is 11.8 Å². The highest BCUT2D eigenvalue weighted by molar-refractivity contribution is 7.99. The zero-order chi connectivity index (χ0) is 12.1. The van der Waals surface area contributed by atoms with Crippen LogP contribution in [0, 0.1) is 11.8 Å². The monoisotopic (exact) mass is 257 g/mol. The number of likely N-dealkylation sites (tertiary alicyclic amines) is 1. The van der Waals surface area contributed by atoms with Gasteiger partial charge in [-0.2, -0.15) is 11.8 Å². The summed E-state index contributed by atoms with van der Waals surface area (Å²) >= 11 is 1.91. The highest BCUT2D eigenvalue weighted by Gasteiger charge is 2.32. The van der Waals surface area contributed by atoms with E-state index in [9.17, 15) is 9.90 Å². The SMILES string of the molecule is O=C(O)C(CN1CCCCCC1)C1CCSC1. The molecule has 0 spiro atoms. The molecular weight excluding hydrogens is 234 g/mol. The average molecular weight is 257 g/mol. The van der Waals surface area contributed by atoms with E-state index in [0.29, 0.717) is 5.92 Å². The second-order valence-electron chi connectivity index (χ2n) is 5.28. The molecule has 0 saturated carbocycles. The van der Waals surface area contributed by atoms with Gasteiger partial charge in [0.25, 0.3) is 0 Å². The molecule has 2 saturated heterocycles. The summed E-state index contributed by atoms with van der Waals surface area (Å²) in [5.74, 6) is 1.88. The van der Waals surface area contributed by atoms with Gasteiger partial charge in [-0.05, 0) is 49.8 Å². The number of carbonyl (C=O) groups is 1. The third kappa shape index (κ3) is 3.88. The van der Waals surface area contributed by atoms with E-state index in [1.165, 1.54) is 25.7 Å². The maximum atomic E-state index is 11.4. The number of carboxylic acids is 1. The molecule has 3 nitrogen and oxygen atoms in total. The minimum absolute atomic E-state index is 0.136. The molecule has 2 atom stereocenters. The molecule has 0 aromatic heterocycles. The van der Waals surface area contributed by atoms with E-state index in [1.807, 2.05) is 11.8 Å². The predicted molar refractivity (Wildman–Crippen MR) is 71.5 cm³/mol. The molecule has 2 aliphatic heterocycles. The molecule has 0 aromatic rings. The van der Waals surface area contributed by atoms with Crippen LogP contribution in [0.2, 0.25) is 0 Å². The fourth-order valence-electron chi connectivity index (χ4n) is 2.90. The number of hydrogen-bond donors (Lipinski definition) is 1. The fraction of sp³-hybridized carbons (Fsp3) is 0.923. The normalized spacial score (nSPS) is 28.8. The van der Waals surface area contributed by atoms with E-state index < -0.39 is 5.97 Å². The summed E-state index contributed by atoms with van der Waals surface area (Å²) in [5.41, 5.74) is 0. The molecule has 98 valence electrons. The summed E-state index contributed by atoms with van der Waals surface area (Å²) in [5, 5.41) is 9.40. The molecule has 4 heteroatoms. The van der Waals surface area contributed by atoms with Crippen molar-refractivity contribution in [3.8, 4) is 0 Å². The number of carboxylic acid groups (broad SMARTS) is 1. The Morgan fingerprint density at radius 2 is 2.00 bits per heavy atom. The summed E-state index contributed by atoms with van der Waals surface area (Å²) < 4.78 is 0. The third-order valence-electron chi connectivity index (χ3n) is 4.00. The molecule has 2 unspecified atom stereocenters. The van der Waals surface area contributed by atoms with Crippen LogP contribution in [0.5, 0.6) is 0 Å². The van der Waals surface area contributed by atoms with Gasteiger partial charge in [-0.15, -0.1) is 0 Å². The first-order valence-electron chi connectivity index (χ1n) is 6.80. The van der Waals surface area contributed by atoms with Crippen LogP contribution in [-0.4, -0.2) is 47.1 Å². The van der Waals surface area contributed by atoms with Gasteiger partial charge in [0.1, 0.15) is 0 Å².